The van der Waals surface area contributed by atoms with E-state index in [2.05, 4.69) is 15.6 Å². The van der Waals surface area contributed by atoms with Crippen LogP contribution in [0, 0.1) is 0 Å². The summed E-state index contributed by atoms with van der Waals surface area (Å²) in [6, 6.07) is 19.3. The standard InChI is InChI=1S/C32H33N5O5/c1-21(38)24-9-8-12-26(19-24)37(29(39)20-36-28-14-7-6-13-27(28)34-35-36)30(31(40)33-25-10-4-3-5-11-25)22-15-17-23(18-16-22)32(41)42-2/h6-9,12-19,25,30H,3-5,10-11,20H2,1-2H3,(H,33,40)/t30-/m0/s1. The van der Waals surface area contributed by atoms with Crippen molar-refractivity contribution in [2.75, 3.05) is 12.0 Å². The second-order valence-corrected chi connectivity index (χ2v) is 10.5. The minimum atomic E-state index is -1.09. The minimum absolute atomic E-state index is 0.0112. The van der Waals surface area contributed by atoms with E-state index in [1.807, 2.05) is 18.2 Å². The highest BCUT2D eigenvalue weighted by Crippen LogP contribution is 2.31. The molecule has 0 radical (unpaired) electrons. The first kappa shape index (κ1) is 28.7. The van der Waals surface area contributed by atoms with E-state index in [9.17, 15) is 19.2 Å². The zero-order chi connectivity index (χ0) is 29.6. The molecule has 4 aromatic rings. The average molecular weight is 568 g/mol. The summed E-state index contributed by atoms with van der Waals surface area (Å²) in [6.45, 7) is 1.25. The van der Waals surface area contributed by atoms with Gasteiger partial charge in [-0.1, -0.05) is 60.9 Å². The van der Waals surface area contributed by atoms with Crippen LogP contribution in [0.3, 0.4) is 0 Å². The van der Waals surface area contributed by atoms with Crippen LogP contribution in [0.15, 0.2) is 72.8 Å². The molecule has 0 aliphatic heterocycles. The molecule has 1 saturated carbocycles. The van der Waals surface area contributed by atoms with E-state index in [0.29, 0.717) is 33.4 Å². The molecule has 1 aliphatic rings. The van der Waals surface area contributed by atoms with E-state index in [1.54, 1.807) is 54.6 Å². The fourth-order valence-electron chi connectivity index (χ4n) is 5.41. The van der Waals surface area contributed by atoms with Crippen molar-refractivity contribution in [1.29, 1.82) is 0 Å². The van der Waals surface area contributed by atoms with Crippen molar-refractivity contribution in [2.24, 2.45) is 0 Å². The summed E-state index contributed by atoms with van der Waals surface area (Å²) in [5, 5.41) is 11.5. The van der Waals surface area contributed by atoms with Gasteiger partial charge in [-0.15, -0.1) is 5.10 Å². The van der Waals surface area contributed by atoms with Crippen molar-refractivity contribution in [3.05, 3.63) is 89.5 Å². The van der Waals surface area contributed by atoms with E-state index < -0.39 is 17.9 Å². The van der Waals surface area contributed by atoms with Crippen LogP contribution in [0.25, 0.3) is 11.0 Å². The second-order valence-electron chi connectivity index (χ2n) is 10.5. The number of hydrogen-bond acceptors (Lipinski definition) is 7. The monoisotopic (exact) mass is 567 g/mol. The van der Waals surface area contributed by atoms with Crippen LogP contribution in [0.5, 0.6) is 0 Å². The van der Waals surface area contributed by atoms with E-state index in [0.717, 1.165) is 32.1 Å². The van der Waals surface area contributed by atoms with Crippen LogP contribution in [0.2, 0.25) is 0 Å². The van der Waals surface area contributed by atoms with Gasteiger partial charge in [-0.25, -0.2) is 9.48 Å². The van der Waals surface area contributed by atoms with Crippen LogP contribution in [0.1, 0.15) is 71.3 Å². The number of nitrogens with zero attached hydrogens (tertiary/aromatic N) is 4. The lowest BCUT2D eigenvalue weighted by Gasteiger charge is -2.33. The number of carbonyl (C=O) groups is 4. The van der Waals surface area contributed by atoms with Crippen LogP contribution in [0.4, 0.5) is 5.69 Å². The number of esters is 1. The lowest BCUT2D eigenvalue weighted by atomic mass is 9.94. The number of nitrogens with one attached hydrogen (secondary N) is 1. The van der Waals surface area contributed by atoms with E-state index in [-0.39, 0.29) is 24.3 Å². The number of Topliss-reactive ketones (excluding diaryl/α,β-unsaturated/α-hetero) is 1. The highest BCUT2D eigenvalue weighted by molar-refractivity contribution is 6.03. The van der Waals surface area contributed by atoms with Crippen molar-refractivity contribution in [1.82, 2.24) is 20.3 Å². The molecule has 3 aromatic carbocycles. The van der Waals surface area contributed by atoms with Crippen molar-refractivity contribution >= 4 is 40.3 Å². The molecular formula is C32H33N5O5. The Balaban J connectivity index is 1.60. The zero-order valence-corrected chi connectivity index (χ0v) is 23.7. The molecule has 0 unspecified atom stereocenters. The number of fused-ring (bicyclic) bond motifs is 1. The topological polar surface area (TPSA) is 123 Å². The molecule has 0 bridgehead atoms. The number of rotatable bonds is 9. The summed E-state index contributed by atoms with van der Waals surface area (Å²) in [4.78, 5) is 54.3. The number of anilines is 1. The van der Waals surface area contributed by atoms with Gasteiger partial charge in [0.1, 0.15) is 18.1 Å². The molecule has 10 nitrogen and oxygen atoms in total. The smallest absolute Gasteiger partial charge is 0.337 e. The van der Waals surface area contributed by atoms with Crippen LogP contribution < -0.4 is 10.2 Å². The average Bonchev–Trinajstić information content (AvgIpc) is 3.42. The lowest BCUT2D eigenvalue weighted by Crippen LogP contribution is -2.48. The molecule has 0 saturated heterocycles. The van der Waals surface area contributed by atoms with Gasteiger partial charge in [0, 0.05) is 17.3 Å². The summed E-state index contributed by atoms with van der Waals surface area (Å²) in [5.74, 6) is -1.45. The van der Waals surface area contributed by atoms with E-state index >= 15 is 0 Å². The predicted molar refractivity (Wildman–Crippen MR) is 157 cm³/mol. The molecule has 216 valence electrons. The Morgan fingerprint density at radius 1 is 0.952 bits per heavy atom. The Morgan fingerprint density at radius 3 is 2.40 bits per heavy atom. The van der Waals surface area contributed by atoms with Gasteiger partial charge in [-0.3, -0.25) is 19.3 Å². The van der Waals surface area contributed by atoms with Crippen molar-refractivity contribution < 1.29 is 23.9 Å². The largest absolute Gasteiger partial charge is 0.465 e. The van der Waals surface area contributed by atoms with Crippen LogP contribution >= 0.6 is 0 Å². The van der Waals surface area contributed by atoms with Crippen molar-refractivity contribution in [3.63, 3.8) is 0 Å². The fraction of sp³-hybridized carbons (Fsp3) is 0.312. The number of carbonyl (C=O) groups excluding carboxylic acids is 4. The molecule has 1 fully saturated rings. The number of hydrogen-bond donors (Lipinski definition) is 1. The van der Waals surface area contributed by atoms with Gasteiger partial charge in [0.25, 0.3) is 0 Å². The molecule has 1 N–H and O–H groups in total. The molecule has 2 amide bonds. The maximum atomic E-state index is 14.3. The Bertz CT molecular complexity index is 1610. The van der Waals surface area contributed by atoms with Gasteiger partial charge in [0.2, 0.25) is 11.8 Å². The second kappa shape index (κ2) is 12.8. The third-order valence-corrected chi connectivity index (χ3v) is 7.61. The van der Waals surface area contributed by atoms with Gasteiger partial charge in [0.15, 0.2) is 5.78 Å². The summed E-state index contributed by atoms with van der Waals surface area (Å²) in [5.41, 5.74) is 2.93. The summed E-state index contributed by atoms with van der Waals surface area (Å²) < 4.78 is 6.33. The molecule has 1 heterocycles. The zero-order valence-electron chi connectivity index (χ0n) is 23.7. The van der Waals surface area contributed by atoms with Gasteiger partial charge in [0.05, 0.1) is 18.2 Å². The number of ether oxygens (including phenoxy) is 1. The Kier molecular flexibility index (Phi) is 8.71. The molecule has 1 aliphatic carbocycles. The Labute approximate surface area is 243 Å². The van der Waals surface area contributed by atoms with Crippen molar-refractivity contribution in [3.8, 4) is 0 Å². The third-order valence-electron chi connectivity index (χ3n) is 7.61. The SMILES string of the molecule is COC(=O)c1ccc([C@@H](C(=O)NC2CCCCC2)N(C(=O)Cn2nnc3ccccc32)c2cccc(C(C)=O)c2)cc1. The molecule has 1 aromatic heterocycles. The van der Waals surface area contributed by atoms with Gasteiger partial charge < -0.3 is 10.1 Å². The molecule has 10 heteroatoms. The van der Waals surface area contributed by atoms with E-state index in [4.69, 9.17) is 4.74 Å². The van der Waals surface area contributed by atoms with E-state index in [1.165, 1.54) is 23.6 Å². The highest BCUT2D eigenvalue weighted by Gasteiger charge is 2.35. The number of ketones is 1. The predicted octanol–water partition coefficient (Wildman–Crippen LogP) is 4.64. The van der Waals surface area contributed by atoms with Crippen molar-refractivity contribution in [2.45, 2.75) is 57.7 Å². The normalized spacial score (nSPS) is 14.2. The highest BCUT2D eigenvalue weighted by atomic mass is 16.5. The quantitative estimate of drug-likeness (QED) is 0.231. The minimum Gasteiger partial charge on any atom is -0.465 e. The third kappa shape index (κ3) is 6.22. The molecule has 42 heavy (non-hydrogen) atoms. The Hall–Kier alpha value is -4.86. The van der Waals surface area contributed by atoms with Gasteiger partial charge >= 0.3 is 5.97 Å². The maximum absolute atomic E-state index is 14.3. The van der Waals surface area contributed by atoms with Gasteiger partial charge in [-0.2, -0.15) is 0 Å². The van der Waals surface area contributed by atoms with Crippen LogP contribution in [-0.4, -0.2) is 51.7 Å². The van der Waals surface area contributed by atoms with Gasteiger partial charge in [-0.05, 0) is 61.7 Å². The number of methoxy groups -OCH3 is 1. The lowest BCUT2D eigenvalue weighted by molar-refractivity contribution is -0.127. The number of aromatic nitrogens is 3. The first-order valence-corrected chi connectivity index (χ1v) is 14.1. The number of para-hydroxylation sites is 1. The first-order chi connectivity index (χ1) is 20.4. The summed E-state index contributed by atoms with van der Waals surface area (Å²) in [7, 11) is 1.30. The van der Waals surface area contributed by atoms with Crippen LogP contribution in [-0.2, 0) is 20.9 Å². The molecule has 1 atom stereocenters. The summed E-state index contributed by atoms with van der Waals surface area (Å²) >= 11 is 0. The summed E-state index contributed by atoms with van der Waals surface area (Å²) in [6.07, 6.45) is 4.88. The fourth-order valence-corrected chi connectivity index (χ4v) is 5.41. The maximum Gasteiger partial charge on any atom is 0.337 e. The molecular weight excluding hydrogens is 534 g/mol. The Morgan fingerprint density at radius 2 is 1.69 bits per heavy atom. The number of benzene rings is 3. The molecule has 5 rings (SSSR count). The number of amides is 2. The molecule has 0 spiro atoms. The first-order valence-electron chi connectivity index (χ1n) is 14.1.